The van der Waals surface area contributed by atoms with E-state index in [4.69, 9.17) is 9.72 Å². The third-order valence-electron chi connectivity index (χ3n) is 4.22. The van der Waals surface area contributed by atoms with Gasteiger partial charge in [-0.1, -0.05) is 0 Å². The first-order chi connectivity index (χ1) is 12.7. The highest BCUT2D eigenvalue weighted by Crippen LogP contribution is 2.33. The summed E-state index contributed by atoms with van der Waals surface area (Å²) < 4.78 is 5.30. The maximum absolute atomic E-state index is 12.4. The molecule has 0 saturated carbocycles. The molecule has 7 heteroatoms. The first-order valence-corrected chi connectivity index (χ1v) is 10.1. The highest BCUT2D eigenvalue weighted by molar-refractivity contribution is 7.16. The molecule has 1 N–H and O–H groups in total. The van der Waals surface area contributed by atoms with E-state index in [1.165, 1.54) is 0 Å². The number of phenolic OH excluding ortho intramolecular Hbond substituents is 1. The highest BCUT2D eigenvalue weighted by Gasteiger charge is 2.18. The molecule has 4 rings (SSSR count). The van der Waals surface area contributed by atoms with Crippen LogP contribution in [0, 0.1) is 0 Å². The van der Waals surface area contributed by atoms with Crippen LogP contribution in [0.25, 0.3) is 21.1 Å². The molecule has 26 heavy (non-hydrogen) atoms. The molecule has 134 valence electrons. The van der Waals surface area contributed by atoms with Crippen LogP contribution in [0.4, 0.5) is 0 Å². The van der Waals surface area contributed by atoms with Crippen LogP contribution in [0.15, 0.2) is 41.8 Å². The number of thiazole rings is 1. The minimum atomic E-state index is 0.157. The van der Waals surface area contributed by atoms with Crippen molar-refractivity contribution in [3.63, 3.8) is 0 Å². The van der Waals surface area contributed by atoms with Crippen molar-refractivity contribution in [1.82, 2.24) is 9.88 Å². The van der Waals surface area contributed by atoms with E-state index < -0.39 is 0 Å². The molecular weight excluding hydrogens is 368 g/mol. The van der Waals surface area contributed by atoms with Crippen molar-refractivity contribution >= 4 is 28.6 Å². The van der Waals surface area contributed by atoms with Gasteiger partial charge in [0.1, 0.15) is 10.8 Å². The van der Waals surface area contributed by atoms with Crippen molar-refractivity contribution < 1.29 is 14.6 Å². The molecular formula is C19H18N2O3S2. The number of phenols is 1. The molecule has 2 aromatic heterocycles. The van der Waals surface area contributed by atoms with E-state index in [9.17, 15) is 9.90 Å². The molecule has 0 unspecified atom stereocenters. The quantitative estimate of drug-likeness (QED) is 0.744. The van der Waals surface area contributed by atoms with Crippen molar-refractivity contribution in [3.05, 3.63) is 46.7 Å². The number of aromatic hydroxyl groups is 1. The molecule has 1 saturated heterocycles. The molecule has 0 radical (unpaired) electrons. The third kappa shape index (κ3) is 3.80. The topological polar surface area (TPSA) is 62.7 Å². The zero-order valence-corrected chi connectivity index (χ0v) is 15.7. The third-order valence-corrected chi connectivity index (χ3v) is 6.22. The average Bonchev–Trinajstić information content (AvgIpc) is 3.32. The molecule has 1 aliphatic rings. The second-order valence-electron chi connectivity index (χ2n) is 6.02. The number of hydrogen-bond donors (Lipinski definition) is 1. The fourth-order valence-electron chi connectivity index (χ4n) is 2.81. The van der Waals surface area contributed by atoms with Crippen LogP contribution in [0.3, 0.4) is 0 Å². The zero-order chi connectivity index (χ0) is 17.9. The summed E-state index contributed by atoms with van der Waals surface area (Å²) in [4.78, 5) is 21.1. The number of nitrogens with zero attached hydrogens (tertiary/aromatic N) is 2. The summed E-state index contributed by atoms with van der Waals surface area (Å²) in [6, 6.07) is 11.1. The summed E-state index contributed by atoms with van der Waals surface area (Å²) in [7, 11) is 0. The molecule has 3 aromatic rings. The molecule has 3 heterocycles. The molecule has 1 fully saturated rings. The molecule has 0 spiro atoms. The molecule has 1 aromatic carbocycles. The Labute approximate surface area is 159 Å². The zero-order valence-electron chi connectivity index (χ0n) is 14.1. The Kier molecular flexibility index (Phi) is 5.01. The van der Waals surface area contributed by atoms with Gasteiger partial charge in [0, 0.05) is 28.9 Å². The van der Waals surface area contributed by atoms with Crippen LogP contribution < -0.4 is 0 Å². The minimum absolute atomic E-state index is 0.157. The lowest BCUT2D eigenvalue weighted by atomic mass is 10.2. The smallest absolute Gasteiger partial charge is 0.227 e. The van der Waals surface area contributed by atoms with Crippen molar-refractivity contribution in [2.45, 2.75) is 6.42 Å². The summed E-state index contributed by atoms with van der Waals surface area (Å²) in [5.74, 6) is 0.406. The number of ether oxygens (including phenoxy) is 1. The average molecular weight is 386 g/mol. The molecule has 0 atom stereocenters. The number of morpholine rings is 1. The van der Waals surface area contributed by atoms with Crippen molar-refractivity contribution in [2.75, 3.05) is 26.3 Å². The van der Waals surface area contributed by atoms with Crippen LogP contribution in [-0.4, -0.2) is 47.2 Å². The maximum Gasteiger partial charge on any atom is 0.227 e. The lowest BCUT2D eigenvalue weighted by Crippen LogP contribution is -2.41. The van der Waals surface area contributed by atoms with E-state index in [0.717, 1.165) is 26.0 Å². The Morgan fingerprint density at radius 2 is 1.92 bits per heavy atom. The Hall–Kier alpha value is -2.22. The van der Waals surface area contributed by atoms with Gasteiger partial charge in [-0.15, -0.1) is 22.7 Å². The largest absolute Gasteiger partial charge is 0.508 e. The van der Waals surface area contributed by atoms with Crippen molar-refractivity contribution in [1.29, 1.82) is 0 Å². The Bertz CT molecular complexity index is 896. The summed E-state index contributed by atoms with van der Waals surface area (Å²) in [6.07, 6.45) is 0.430. The normalized spacial score (nSPS) is 14.5. The standard InChI is InChI=1S/C19H18N2O3S2/c22-14-3-1-13(2-4-14)19-20-16(12-25-19)17-6-5-15(26-17)11-18(23)21-7-9-24-10-8-21/h1-6,12,22H,7-11H2. The van der Waals surface area contributed by atoms with Crippen LogP contribution in [0.5, 0.6) is 5.75 Å². The molecule has 1 aliphatic heterocycles. The summed E-state index contributed by atoms with van der Waals surface area (Å²) in [6.45, 7) is 2.61. The molecule has 1 amide bonds. The van der Waals surface area contributed by atoms with Crippen LogP contribution in [0.1, 0.15) is 4.88 Å². The minimum Gasteiger partial charge on any atom is -0.508 e. The fourth-order valence-corrected chi connectivity index (χ4v) is 4.67. The van der Waals surface area contributed by atoms with Gasteiger partial charge in [0.2, 0.25) is 5.91 Å². The van der Waals surface area contributed by atoms with Gasteiger partial charge in [0.05, 0.1) is 30.2 Å². The second-order valence-corrected chi connectivity index (χ2v) is 8.05. The first kappa shape index (κ1) is 17.2. The summed E-state index contributed by atoms with van der Waals surface area (Å²) >= 11 is 3.19. The number of carbonyl (C=O) groups is 1. The highest BCUT2D eigenvalue weighted by atomic mass is 32.1. The predicted octanol–water partition coefficient (Wildman–Crippen LogP) is 3.65. The maximum atomic E-state index is 12.4. The number of thiophene rings is 1. The van der Waals surface area contributed by atoms with E-state index in [1.807, 2.05) is 34.5 Å². The van der Waals surface area contributed by atoms with E-state index in [0.29, 0.717) is 32.7 Å². The fraction of sp³-hybridized carbons (Fsp3) is 0.263. The van der Waals surface area contributed by atoms with Crippen LogP contribution in [-0.2, 0) is 16.0 Å². The molecule has 0 bridgehead atoms. The van der Waals surface area contributed by atoms with Gasteiger partial charge >= 0.3 is 0 Å². The van der Waals surface area contributed by atoms with E-state index in [-0.39, 0.29) is 11.7 Å². The van der Waals surface area contributed by atoms with Gasteiger partial charge in [-0.2, -0.15) is 0 Å². The number of amides is 1. The number of benzene rings is 1. The predicted molar refractivity (Wildman–Crippen MR) is 104 cm³/mol. The SMILES string of the molecule is O=C(Cc1ccc(-c2csc(-c3ccc(O)cc3)n2)s1)N1CCOCC1. The monoisotopic (exact) mass is 386 g/mol. The van der Waals surface area contributed by atoms with Gasteiger partial charge < -0.3 is 14.7 Å². The molecule has 5 nitrogen and oxygen atoms in total. The van der Waals surface area contributed by atoms with Gasteiger partial charge in [-0.05, 0) is 36.4 Å². The van der Waals surface area contributed by atoms with E-state index in [2.05, 4.69) is 0 Å². The molecule has 0 aliphatic carbocycles. The first-order valence-electron chi connectivity index (χ1n) is 8.38. The number of carbonyl (C=O) groups excluding carboxylic acids is 1. The van der Waals surface area contributed by atoms with E-state index >= 15 is 0 Å². The van der Waals surface area contributed by atoms with Gasteiger partial charge in [0.25, 0.3) is 0 Å². The summed E-state index contributed by atoms with van der Waals surface area (Å²) in [5, 5.41) is 12.3. The Morgan fingerprint density at radius 1 is 1.15 bits per heavy atom. The van der Waals surface area contributed by atoms with Gasteiger partial charge in [-0.25, -0.2) is 4.98 Å². The van der Waals surface area contributed by atoms with Crippen LogP contribution in [0.2, 0.25) is 0 Å². The Morgan fingerprint density at radius 3 is 2.69 bits per heavy atom. The number of rotatable bonds is 4. The second kappa shape index (κ2) is 7.57. The lowest BCUT2D eigenvalue weighted by Gasteiger charge is -2.26. The van der Waals surface area contributed by atoms with Gasteiger partial charge in [0.15, 0.2) is 0 Å². The van der Waals surface area contributed by atoms with E-state index in [1.54, 1.807) is 34.8 Å². The lowest BCUT2D eigenvalue weighted by molar-refractivity contribution is -0.134. The van der Waals surface area contributed by atoms with Crippen LogP contribution >= 0.6 is 22.7 Å². The van der Waals surface area contributed by atoms with Crippen molar-refractivity contribution in [3.8, 4) is 26.9 Å². The van der Waals surface area contributed by atoms with Crippen molar-refractivity contribution in [2.24, 2.45) is 0 Å². The van der Waals surface area contributed by atoms with Gasteiger partial charge in [-0.3, -0.25) is 4.79 Å². The summed E-state index contributed by atoms with van der Waals surface area (Å²) in [5.41, 5.74) is 1.91. The number of aromatic nitrogens is 1. The number of hydrogen-bond acceptors (Lipinski definition) is 6. The Balaban J connectivity index is 1.46.